The molecular weight excluding hydrogens is 386 g/mol. The van der Waals surface area contributed by atoms with Crippen molar-refractivity contribution in [3.05, 3.63) is 77.1 Å². The van der Waals surface area contributed by atoms with Gasteiger partial charge in [0, 0.05) is 11.1 Å². The van der Waals surface area contributed by atoms with E-state index in [0.29, 0.717) is 0 Å². The minimum Gasteiger partial charge on any atom is -0.497 e. The molecule has 0 bridgehead atoms. The monoisotopic (exact) mass is 405 g/mol. The first-order chi connectivity index (χ1) is 14.6. The maximum Gasteiger partial charge on any atom is 0.307 e. The number of hydrogen-bond acceptors (Lipinski definition) is 6. The lowest BCUT2D eigenvalue weighted by molar-refractivity contribution is -0.385. The van der Waals surface area contributed by atoms with E-state index in [-0.39, 0.29) is 12.4 Å². The highest BCUT2D eigenvalue weighted by Gasteiger charge is 2.15. The molecule has 152 valence electrons. The predicted octanol–water partition coefficient (Wildman–Crippen LogP) is 3.84. The van der Waals surface area contributed by atoms with Crippen LogP contribution in [0, 0.1) is 10.1 Å². The molecule has 0 saturated carbocycles. The molecule has 0 aliphatic heterocycles. The molecule has 2 aromatic heterocycles. The Morgan fingerprint density at radius 1 is 0.967 bits per heavy atom. The number of methoxy groups -OCH3 is 2. The number of hydrogen-bond donors (Lipinski definition) is 0. The average Bonchev–Trinajstić information content (AvgIpc) is 3.42. The summed E-state index contributed by atoms with van der Waals surface area (Å²) in [6, 6.07) is 17.2. The molecule has 4 rings (SSSR count). The molecular formula is C21H19N5O4. The summed E-state index contributed by atoms with van der Waals surface area (Å²) in [5.41, 5.74) is 3.41. The summed E-state index contributed by atoms with van der Waals surface area (Å²) in [5, 5.41) is 19.8. The van der Waals surface area contributed by atoms with E-state index in [1.54, 1.807) is 18.9 Å². The molecule has 0 atom stereocenters. The van der Waals surface area contributed by atoms with Crippen molar-refractivity contribution in [2.24, 2.45) is 0 Å². The van der Waals surface area contributed by atoms with Crippen molar-refractivity contribution in [2.45, 2.75) is 6.67 Å². The largest absolute Gasteiger partial charge is 0.497 e. The van der Waals surface area contributed by atoms with E-state index < -0.39 is 4.92 Å². The van der Waals surface area contributed by atoms with Crippen LogP contribution in [0.15, 0.2) is 67.0 Å². The van der Waals surface area contributed by atoms with Crippen LogP contribution >= 0.6 is 0 Å². The fourth-order valence-electron chi connectivity index (χ4n) is 3.08. The van der Waals surface area contributed by atoms with Crippen molar-refractivity contribution >= 4 is 5.69 Å². The quantitative estimate of drug-likeness (QED) is 0.342. The topological polar surface area (TPSA) is 97.2 Å². The Labute approximate surface area is 172 Å². The van der Waals surface area contributed by atoms with Crippen LogP contribution in [0.4, 0.5) is 5.69 Å². The van der Waals surface area contributed by atoms with Gasteiger partial charge in [0.2, 0.25) is 0 Å². The van der Waals surface area contributed by atoms with Crippen molar-refractivity contribution in [2.75, 3.05) is 14.2 Å². The summed E-state index contributed by atoms with van der Waals surface area (Å²) >= 11 is 0. The van der Waals surface area contributed by atoms with Gasteiger partial charge in [-0.3, -0.25) is 10.1 Å². The number of nitrogens with zero attached hydrogens (tertiary/aromatic N) is 5. The highest BCUT2D eigenvalue weighted by Crippen LogP contribution is 2.29. The maximum absolute atomic E-state index is 11.0. The van der Waals surface area contributed by atoms with Crippen molar-refractivity contribution in [1.82, 2.24) is 19.6 Å². The van der Waals surface area contributed by atoms with Crippen LogP contribution in [0.1, 0.15) is 0 Å². The zero-order valence-electron chi connectivity index (χ0n) is 16.4. The third-order valence-corrected chi connectivity index (χ3v) is 4.66. The Morgan fingerprint density at radius 3 is 2.10 bits per heavy atom. The molecule has 0 fully saturated rings. The van der Waals surface area contributed by atoms with Crippen LogP contribution in [-0.4, -0.2) is 38.7 Å². The zero-order valence-corrected chi connectivity index (χ0v) is 16.4. The molecule has 2 heterocycles. The second kappa shape index (κ2) is 8.08. The van der Waals surface area contributed by atoms with Gasteiger partial charge in [0.05, 0.1) is 30.5 Å². The Hall–Kier alpha value is -4.14. The van der Waals surface area contributed by atoms with E-state index in [2.05, 4.69) is 5.10 Å². The number of benzene rings is 2. The lowest BCUT2D eigenvalue weighted by Gasteiger charge is -2.08. The van der Waals surface area contributed by atoms with Gasteiger partial charge < -0.3 is 9.47 Å². The third-order valence-electron chi connectivity index (χ3n) is 4.66. The van der Waals surface area contributed by atoms with E-state index in [1.165, 1.54) is 17.1 Å². The highest BCUT2D eigenvalue weighted by molar-refractivity contribution is 5.69. The third kappa shape index (κ3) is 3.86. The fourth-order valence-corrected chi connectivity index (χ4v) is 3.08. The molecule has 0 aliphatic rings. The Balaban J connectivity index is 1.74. The number of aromatic nitrogens is 4. The first-order valence-corrected chi connectivity index (χ1v) is 9.11. The van der Waals surface area contributed by atoms with E-state index in [4.69, 9.17) is 14.6 Å². The van der Waals surface area contributed by atoms with Gasteiger partial charge in [-0.25, -0.2) is 9.36 Å². The van der Waals surface area contributed by atoms with Gasteiger partial charge in [0.25, 0.3) is 0 Å². The summed E-state index contributed by atoms with van der Waals surface area (Å²) in [4.78, 5) is 10.5. The summed E-state index contributed by atoms with van der Waals surface area (Å²) in [6.45, 7) is 0.228. The van der Waals surface area contributed by atoms with Crippen LogP contribution in [0.3, 0.4) is 0 Å². The van der Waals surface area contributed by atoms with Crippen molar-refractivity contribution in [1.29, 1.82) is 0 Å². The van der Waals surface area contributed by atoms with E-state index in [0.717, 1.165) is 34.0 Å². The Kier molecular flexibility index (Phi) is 5.17. The van der Waals surface area contributed by atoms with Gasteiger partial charge in [-0.15, -0.1) is 0 Å². The minimum absolute atomic E-state index is 0.0662. The molecule has 0 radical (unpaired) electrons. The van der Waals surface area contributed by atoms with Crippen LogP contribution in [-0.2, 0) is 6.67 Å². The van der Waals surface area contributed by atoms with Gasteiger partial charge in [0.1, 0.15) is 30.6 Å². The standard InChI is InChI=1S/C21H19N5O4/c1-29-18-7-3-15(4-8-18)20-11-21(16-5-9-19(30-2)10-6-16)25(23-20)14-24-13-17(12-22-24)26(27)28/h3-13H,14H2,1-2H3. The summed E-state index contributed by atoms with van der Waals surface area (Å²) in [7, 11) is 3.24. The minimum atomic E-state index is -0.472. The molecule has 9 heteroatoms. The normalized spacial score (nSPS) is 10.7. The molecule has 4 aromatic rings. The summed E-state index contributed by atoms with van der Waals surface area (Å²) in [6.07, 6.45) is 2.60. The molecule has 0 amide bonds. The molecule has 2 aromatic carbocycles. The molecule has 0 saturated heterocycles. The summed E-state index contributed by atoms with van der Waals surface area (Å²) in [5.74, 6) is 1.51. The lowest BCUT2D eigenvalue weighted by Crippen LogP contribution is -2.11. The van der Waals surface area contributed by atoms with E-state index in [9.17, 15) is 10.1 Å². The van der Waals surface area contributed by atoms with Gasteiger partial charge in [-0.2, -0.15) is 10.2 Å². The molecule has 0 unspecified atom stereocenters. The average molecular weight is 405 g/mol. The number of rotatable bonds is 7. The summed E-state index contributed by atoms with van der Waals surface area (Å²) < 4.78 is 13.7. The van der Waals surface area contributed by atoms with Crippen LogP contribution < -0.4 is 9.47 Å². The van der Waals surface area contributed by atoms with Crippen molar-refractivity contribution in [3.63, 3.8) is 0 Å². The number of ether oxygens (including phenoxy) is 2. The second-order valence-electron chi connectivity index (χ2n) is 6.51. The van der Waals surface area contributed by atoms with Crippen LogP contribution in [0.2, 0.25) is 0 Å². The molecule has 0 aliphatic carbocycles. The van der Waals surface area contributed by atoms with Crippen molar-refractivity contribution < 1.29 is 14.4 Å². The Bertz CT molecular complexity index is 1160. The predicted molar refractivity (Wildman–Crippen MR) is 110 cm³/mol. The van der Waals surface area contributed by atoms with E-state index >= 15 is 0 Å². The smallest absolute Gasteiger partial charge is 0.307 e. The number of nitro groups is 1. The highest BCUT2D eigenvalue weighted by atomic mass is 16.6. The van der Waals surface area contributed by atoms with E-state index in [1.807, 2.05) is 54.6 Å². The Morgan fingerprint density at radius 2 is 1.57 bits per heavy atom. The first-order valence-electron chi connectivity index (χ1n) is 9.11. The van der Waals surface area contributed by atoms with Crippen molar-refractivity contribution in [3.8, 4) is 34.0 Å². The van der Waals surface area contributed by atoms with Gasteiger partial charge >= 0.3 is 5.69 Å². The molecule has 9 nitrogen and oxygen atoms in total. The van der Waals surface area contributed by atoms with Crippen LogP contribution in [0.5, 0.6) is 11.5 Å². The van der Waals surface area contributed by atoms with Crippen LogP contribution in [0.25, 0.3) is 22.5 Å². The zero-order chi connectivity index (χ0) is 21.1. The molecule has 0 spiro atoms. The van der Waals surface area contributed by atoms with Gasteiger partial charge in [0.15, 0.2) is 0 Å². The van der Waals surface area contributed by atoms with Gasteiger partial charge in [-0.05, 0) is 54.6 Å². The SMILES string of the molecule is COc1ccc(-c2cc(-c3ccc(OC)cc3)n(Cn3cc([N+](=O)[O-])cn3)n2)cc1. The lowest BCUT2D eigenvalue weighted by atomic mass is 10.1. The van der Waals surface area contributed by atoms with Gasteiger partial charge in [-0.1, -0.05) is 0 Å². The second-order valence-corrected chi connectivity index (χ2v) is 6.51. The molecule has 0 N–H and O–H groups in total. The maximum atomic E-state index is 11.0. The first kappa shape index (κ1) is 19.2. The molecule has 30 heavy (non-hydrogen) atoms. The fraction of sp³-hybridized carbons (Fsp3) is 0.143.